The summed E-state index contributed by atoms with van der Waals surface area (Å²) in [4.78, 5) is 11.6. The van der Waals surface area contributed by atoms with Crippen molar-refractivity contribution in [1.29, 1.82) is 0 Å². The molecule has 19 heavy (non-hydrogen) atoms. The van der Waals surface area contributed by atoms with Gasteiger partial charge in [0.15, 0.2) is 0 Å². The van der Waals surface area contributed by atoms with Crippen LogP contribution < -0.4 is 11.1 Å². The van der Waals surface area contributed by atoms with Gasteiger partial charge in [-0.25, -0.2) is 4.39 Å². The Morgan fingerprint density at radius 1 is 1.37 bits per heavy atom. The lowest BCUT2D eigenvalue weighted by molar-refractivity contribution is -0.124. The quantitative estimate of drug-likeness (QED) is 0.761. The second-order valence-electron chi connectivity index (χ2n) is 4.08. The van der Waals surface area contributed by atoms with Crippen LogP contribution >= 0.6 is 0 Å². The summed E-state index contributed by atoms with van der Waals surface area (Å²) >= 11 is 0. The molecule has 2 unspecified atom stereocenters. The van der Waals surface area contributed by atoms with Crippen LogP contribution in [-0.2, 0) is 14.3 Å². The molecule has 0 spiro atoms. The molecule has 0 bridgehead atoms. The number of nitrogens with one attached hydrogen (secondary N) is 1. The van der Waals surface area contributed by atoms with E-state index in [4.69, 9.17) is 15.2 Å². The first-order valence-corrected chi connectivity index (χ1v) is 5.89. The van der Waals surface area contributed by atoms with Gasteiger partial charge >= 0.3 is 0 Å². The van der Waals surface area contributed by atoms with Crippen LogP contribution in [0.5, 0.6) is 0 Å². The number of ether oxygens (including phenoxy) is 2. The molecule has 0 aliphatic heterocycles. The molecule has 6 heteroatoms. The minimum Gasteiger partial charge on any atom is -0.383 e. The molecule has 1 aromatic carbocycles. The van der Waals surface area contributed by atoms with E-state index in [0.717, 1.165) is 5.56 Å². The molecule has 1 rings (SSSR count). The molecule has 0 fully saturated rings. The van der Waals surface area contributed by atoms with E-state index in [2.05, 4.69) is 5.32 Å². The minimum atomic E-state index is -0.712. The van der Waals surface area contributed by atoms with Crippen molar-refractivity contribution in [2.45, 2.75) is 12.1 Å². The van der Waals surface area contributed by atoms with Gasteiger partial charge in [0, 0.05) is 20.8 Å². The van der Waals surface area contributed by atoms with Gasteiger partial charge in [-0.05, 0) is 17.7 Å². The fourth-order valence-corrected chi connectivity index (χ4v) is 1.59. The maximum Gasteiger partial charge on any atom is 0.239 e. The summed E-state index contributed by atoms with van der Waals surface area (Å²) in [6.45, 7) is 0.415. The molecule has 0 aliphatic rings. The van der Waals surface area contributed by atoms with Gasteiger partial charge in [0.1, 0.15) is 11.9 Å². The van der Waals surface area contributed by atoms with E-state index < -0.39 is 6.04 Å². The summed E-state index contributed by atoms with van der Waals surface area (Å²) in [6.07, 6.45) is -0.348. The van der Waals surface area contributed by atoms with Gasteiger partial charge in [0.05, 0.1) is 12.7 Å². The zero-order chi connectivity index (χ0) is 14.3. The molecule has 106 valence electrons. The number of carbonyl (C=O) groups excluding carboxylic acids is 1. The van der Waals surface area contributed by atoms with Crippen LogP contribution in [0.2, 0.25) is 0 Å². The summed E-state index contributed by atoms with van der Waals surface area (Å²) in [5.41, 5.74) is 6.37. The van der Waals surface area contributed by atoms with E-state index >= 15 is 0 Å². The number of amides is 1. The van der Waals surface area contributed by atoms with Gasteiger partial charge in [-0.2, -0.15) is 0 Å². The molecule has 2 atom stereocenters. The Labute approximate surface area is 111 Å². The van der Waals surface area contributed by atoms with Crippen LogP contribution in [0, 0.1) is 5.82 Å². The first-order valence-electron chi connectivity index (χ1n) is 5.89. The zero-order valence-corrected chi connectivity index (χ0v) is 11.1. The smallest absolute Gasteiger partial charge is 0.239 e. The lowest BCUT2D eigenvalue weighted by atomic mass is 10.1. The van der Waals surface area contributed by atoms with Gasteiger partial charge in [0.2, 0.25) is 5.91 Å². The summed E-state index contributed by atoms with van der Waals surface area (Å²) < 4.78 is 22.9. The number of benzene rings is 1. The maximum atomic E-state index is 12.8. The second-order valence-corrected chi connectivity index (χ2v) is 4.08. The number of halogens is 1. The predicted octanol–water partition coefficient (Wildman–Crippen LogP) is 0.603. The van der Waals surface area contributed by atoms with E-state index in [1.54, 1.807) is 12.1 Å². The normalized spacial score (nSPS) is 13.9. The second kappa shape index (κ2) is 7.83. The summed E-state index contributed by atoms with van der Waals surface area (Å²) in [5.74, 6) is -0.629. The van der Waals surface area contributed by atoms with Gasteiger partial charge in [-0.3, -0.25) is 4.79 Å². The number of hydrogen-bond donors (Lipinski definition) is 2. The zero-order valence-electron chi connectivity index (χ0n) is 11.1. The van der Waals surface area contributed by atoms with E-state index in [-0.39, 0.29) is 31.0 Å². The molecule has 0 aromatic heterocycles. The van der Waals surface area contributed by atoms with E-state index in [1.807, 2.05) is 0 Å². The molecule has 5 nitrogen and oxygen atoms in total. The van der Waals surface area contributed by atoms with Crippen LogP contribution in [0.25, 0.3) is 0 Å². The summed E-state index contributed by atoms with van der Waals surface area (Å²) in [7, 11) is 3.00. The van der Waals surface area contributed by atoms with Crippen molar-refractivity contribution < 1.29 is 18.7 Å². The van der Waals surface area contributed by atoms with Crippen molar-refractivity contribution in [2.75, 3.05) is 27.4 Å². The molecule has 1 aromatic rings. The minimum absolute atomic E-state index is 0.153. The van der Waals surface area contributed by atoms with Crippen LogP contribution in [0.4, 0.5) is 4.39 Å². The van der Waals surface area contributed by atoms with Gasteiger partial charge in [0.25, 0.3) is 0 Å². The van der Waals surface area contributed by atoms with Crippen LogP contribution in [-0.4, -0.2) is 39.3 Å². The number of rotatable bonds is 7. The molecule has 0 radical (unpaired) electrons. The molecular formula is C13H19FN2O3. The van der Waals surface area contributed by atoms with E-state index in [0.29, 0.717) is 0 Å². The Kier molecular flexibility index (Phi) is 6.41. The molecular weight excluding hydrogens is 251 g/mol. The number of hydrogen-bond acceptors (Lipinski definition) is 4. The monoisotopic (exact) mass is 270 g/mol. The molecule has 0 saturated heterocycles. The van der Waals surface area contributed by atoms with Crippen molar-refractivity contribution in [1.82, 2.24) is 5.32 Å². The number of nitrogens with two attached hydrogens (primary N) is 1. The largest absolute Gasteiger partial charge is 0.383 e. The average molecular weight is 270 g/mol. The molecule has 0 aliphatic carbocycles. The first kappa shape index (κ1) is 15.6. The Bertz CT molecular complexity index is 397. The highest BCUT2D eigenvalue weighted by molar-refractivity contribution is 5.81. The Morgan fingerprint density at radius 3 is 2.53 bits per heavy atom. The average Bonchev–Trinajstić information content (AvgIpc) is 2.41. The van der Waals surface area contributed by atoms with Gasteiger partial charge in [-0.15, -0.1) is 0 Å². The molecule has 0 heterocycles. The summed E-state index contributed by atoms with van der Waals surface area (Å²) in [6, 6.07) is 5.21. The first-order chi connectivity index (χ1) is 9.08. The van der Waals surface area contributed by atoms with Crippen molar-refractivity contribution in [3.05, 3.63) is 35.6 Å². The highest BCUT2D eigenvalue weighted by Gasteiger charge is 2.16. The lowest BCUT2D eigenvalue weighted by Gasteiger charge is -2.18. The van der Waals surface area contributed by atoms with Crippen molar-refractivity contribution in [2.24, 2.45) is 5.73 Å². The van der Waals surface area contributed by atoms with E-state index in [9.17, 15) is 9.18 Å². The Balaban J connectivity index is 2.53. The van der Waals surface area contributed by atoms with Crippen LogP contribution in [0.3, 0.4) is 0 Å². The fraction of sp³-hybridized carbons (Fsp3) is 0.462. The molecule has 0 saturated carbocycles. The topological polar surface area (TPSA) is 73.6 Å². The third kappa shape index (κ3) is 4.94. The lowest BCUT2D eigenvalue weighted by Crippen LogP contribution is -2.44. The third-order valence-electron chi connectivity index (χ3n) is 2.67. The van der Waals surface area contributed by atoms with Crippen LogP contribution in [0.15, 0.2) is 24.3 Å². The molecule has 1 amide bonds. The number of carbonyl (C=O) groups is 1. The predicted molar refractivity (Wildman–Crippen MR) is 69.0 cm³/mol. The number of methoxy groups -OCH3 is 2. The van der Waals surface area contributed by atoms with Gasteiger partial charge < -0.3 is 20.5 Å². The van der Waals surface area contributed by atoms with Crippen molar-refractivity contribution >= 4 is 5.91 Å². The van der Waals surface area contributed by atoms with Crippen LogP contribution in [0.1, 0.15) is 11.7 Å². The van der Waals surface area contributed by atoms with E-state index in [1.165, 1.54) is 26.4 Å². The maximum absolute atomic E-state index is 12.8. The van der Waals surface area contributed by atoms with Crippen molar-refractivity contribution in [3.8, 4) is 0 Å². The SMILES string of the molecule is COCC(N)C(=O)NCC(OC)c1ccc(F)cc1. The highest BCUT2D eigenvalue weighted by Crippen LogP contribution is 2.16. The third-order valence-corrected chi connectivity index (χ3v) is 2.67. The Hall–Kier alpha value is -1.50. The van der Waals surface area contributed by atoms with Crippen molar-refractivity contribution in [3.63, 3.8) is 0 Å². The summed E-state index contributed by atoms with van der Waals surface area (Å²) in [5, 5.41) is 2.67. The highest BCUT2D eigenvalue weighted by atomic mass is 19.1. The Morgan fingerprint density at radius 2 is 2.00 bits per heavy atom. The van der Waals surface area contributed by atoms with Gasteiger partial charge in [-0.1, -0.05) is 12.1 Å². The molecule has 3 N–H and O–H groups in total. The fourth-order valence-electron chi connectivity index (χ4n) is 1.59. The standard InChI is InChI=1S/C13H19FN2O3/c1-18-8-11(15)13(17)16-7-12(19-2)9-3-5-10(14)6-4-9/h3-6,11-12H,7-8,15H2,1-2H3,(H,16,17).